The summed E-state index contributed by atoms with van der Waals surface area (Å²) in [5.74, 6) is -0.929. The predicted octanol–water partition coefficient (Wildman–Crippen LogP) is -0.135. The Morgan fingerprint density at radius 2 is 1.92 bits per heavy atom. The SMILES string of the molecule is CO[C@H](CN(CCNCCc1ccc(Cl)cc1)CC[C@H](N)C(=O)O)[C@@H](O)C(O)n1cnc2c(N)ncnc21. The Balaban J connectivity index is 1.61. The number of methoxy groups -OCH3 is 1. The van der Waals surface area contributed by atoms with Crippen LogP contribution in [0.3, 0.4) is 0 Å². The van der Waals surface area contributed by atoms with Gasteiger partial charge < -0.3 is 36.8 Å². The van der Waals surface area contributed by atoms with Crippen LogP contribution in [0, 0.1) is 0 Å². The zero-order valence-corrected chi connectivity index (χ0v) is 21.9. The summed E-state index contributed by atoms with van der Waals surface area (Å²) in [5.41, 5.74) is 13.3. The first kappa shape index (κ1) is 29.6. The zero-order valence-electron chi connectivity index (χ0n) is 21.2. The van der Waals surface area contributed by atoms with Crippen molar-refractivity contribution in [2.24, 2.45) is 5.73 Å². The van der Waals surface area contributed by atoms with Crippen LogP contribution in [0.15, 0.2) is 36.9 Å². The van der Waals surface area contributed by atoms with Crippen LogP contribution in [-0.4, -0.2) is 104 Å². The Hall–Kier alpha value is -2.91. The summed E-state index contributed by atoms with van der Waals surface area (Å²) >= 11 is 5.93. The van der Waals surface area contributed by atoms with Gasteiger partial charge in [0.2, 0.25) is 0 Å². The maximum atomic E-state index is 11.2. The van der Waals surface area contributed by atoms with Gasteiger partial charge >= 0.3 is 5.97 Å². The fraction of sp³-hybridized carbons (Fsp3) is 0.500. The predicted molar refractivity (Wildman–Crippen MR) is 142 cm³/mol. The molecule has 0 saturated heterocycles. The van der Waals surface area contributed by atoms with Gasteiger partial charge in [-0.1, -0.05) is 23.7 Å². The number of benzene rings is 1. The molecule has 1 unspecified atom stereocenters. The number of fused-ring (bicyclic) bond motifs is 1. The first-order valence-electron chi connectivity index (χ1n) is 12.2. The number of halogens is 1. The van der Waals surface area contributed by atoms with Crippen molar-refractivity contribution in [3.8, 4) is 0 Å². The number of aliphatic hydroxyl groups is 2. The minimum Gasteiger partial charge on any atom is -0.480 e. The molecule has 208 valence electrons. The molecule has 8 N–H and O–H groups in total. The molecule has 38 heavy (non-hydrogen) atoms. The molecule has 0 saturated carbocycles. The van der Waals surface area contributed by atoms with E-state index in [2.05, 4.69) is 20.3 Å². The number of nitrogens with one attached hydrogen (secondary N) is 1. The molecule has 1 aromatic carbocycles. The molecule has 13 nitrogen and oxygen atoms in total. The quantitative estimate of drug-likeness (QED) is 0.129. The van der Waals surface area contributed by atoms with Crippen molar-refractivity contribution < 1.29 is 24.9 Å². The maximum absolute atomic E-state index is 11.2. The molecule has 0 aliphatic carbocycles. The molecule has 0 fully saturated rings. The highest BCUT2D eigenvalue weighted by atomic mass is 35.5. The lowest BCUT2D eigenvalue weighted by Gasteiger charge is -2.32. The number of nitrogens with two attached hydrogens (primary N) is 2. The van der Waals surface area contributed by atoms with Crippen LogP contribution >= 0.6 is 11.6 Å². The molecule has 0 radical (unpaired) electrons. The molecular formula is C24H35ClN8O5. The number of aliphatic carboxylic acids is 1. The van der Waals surface area contributed by atoms with Crippen LogP contribution in [0.5, 0.6) is 0 Å². The van der Waals surface area contributed by atoms with Crippen LogP contribution in [0.25, 0.3) is 11.2 Å². The number of carboxylic acids is 1. The van der Waals surface area contributed by atoms with Gasteiger partial charge in [0.15, 0.2) is 17.7 Å². The van der Waals surface area contributed by atoms with Gasteiger partial charge in [0, 0.05) is 38.3 Å². The lowest BCUT2D eigenvalue weighted by Crippen LogP contribution is -2.47. The van der Waals surface area contributed by atoms with Gasteiger partial charge in [-0.2, -0.15) is 0 Å². The molecule has 3 aromatic rings. The Kier molecular flexibility index (Phi) is 11.2. The highest BCUT2D eigenvalue weighted by molar-refractivity contribution is 6.30. The molecule has 2 heterocycles. The van der Waals surface area contributed by atoms with Gasteiger partial charge in [0.1, 0.15) is 30.1 Å². The normalized spacial score (nSPS) is 15.0. The fourth-order valence-electron chi connectivity index (χ4n) is 3.98. The van der Waals surface area contributed by atoms with Crippen LogP contribution in [0.2, 0.25) is 5.02 Å². The molecule has 3 rings (SSSR count). The maximum Gasteiger partial charge on any atom is 0.320 e. The average molecular weight is 551 g/mol. The first-order chi connectivity index (χ1) is 18.2. The number of carboxylic acid groups (broad SMARTS) is 1. The third kappa shape index (κ3) is 8.04. The summed E-state index contributed by atoms with van der Waals surface area (Å²) in [6.45, 7) is 2.44. The Morgan fingerprint density at radius 3 is 2.61 bits per heavy atom. The van der Waals surface area contributed by atoms with Crippen molar-refractivity contribution in [1.29, 1.82) is 0 Å². The summed E-state index contributed by atoms with van der Waals surface area (Å²) < 4.78 is 6.82. The van der Waals surface area contributed by atoms with Crippen LogP contribution in [-0.2, 0) is 16.0 Å². The number of anilines is 1. The minimum absolute atomic E-state index is 0.156. The molecule has 0 bridgehead atoms. The van der Waals surface area contributed by atoms with E-state index < -0.39 is 30.4 Å². The van der Waals surface area contributed by atoms with E-state index in [1.165, 1.54) is 24.3 Å². The molecular weight excluding hydrogens is 516 g/mol. The largest absolute Gasteiger partial charge is 0.480 e. The van der Waals surface area contributed by atoms with Crippen molar-refractivity contribution in [3.05, 3.63) is 47.5 Å². The number of carbonyl (C=O) groups is 1. The molecule has 0 spiro atoms. The van der Waals surface area contributed by atoms with E-state index in [1.807, 2.05) is 29.2 Å². The summed E-state index contributed by atoms with van der Waals surface area (Å²) in [7, 11) is 1.43. The van der Waals surface area contributed by atoms with E-state index in [4.69, 9.17) is 27.8 Å². The van der Waals surface area contributed by atoms with Crippen LogP contribution in [0.1, 0.15) is 18.2 Å². The Morgan fingerprint density at radius 1 is 1.18 bits per heavy atom. The number of ether oxygens (including phenoxy) is 1. The smallest absolute Gasteiger partial charge is 0.320 e. The molecule has 2 aromatic heterocycles. The summed E-state index contributed by atoms with van der Waals surface area (Å²) in [5, 5.41) is 35.1. The highest BCUT2D eigenvalue weighted by Crippen LogP contribution is 2.22. The van der Waals surface area contributed by atoms with E-state index in [1.54, 1.807) is 0 Å². The zero-order chi connectivity index (χ0) is 27.7. The Labute approximate surface area is 225 Å². The number of nitrogen functional groups attached to an aromatic ring is 1. The van der Waals surface area contributed by atoms with Gasteiger partial charge in [-0.15, -0.1) is 0 Å². The monoisotopic (exact) mass is 550 g/mol. The number of hydrogen-bond acceptors (Lipinski definition) is 11. The van der Waals surface area contributed by atoms with Crippen LogP contribution in [0.4, 0.5) is 5.82 Å². The van der Waals surface area contributed by atoms with E-state index in [0.29, 0.717) is 30.2 Å². The molecule has 0 aliphatic heterocycles. The van der Waals surface area contributed by atoms with Gasteiger partial charge in [-0.3, -0.25) is 14.3 Å². The second-order valence-electron chi connectivity index (χ2n) is 8.92. The van der Waals surface area contributed by atoms with Crippen LogP contribution < -0.4 is 16.8 Å². The second kappa shape index (κ2) is 14.3. The van der Waals surface area contributed by atoms with E-state index in [9.17, 15) is 20.1 Å². The van der Waals surface area contributed by atoms with Crippen molar-refractivity contribution in [1.82, 2.24) is 29.7 Å². The average Bonchev–Trinajstić information content (AvgIpc) is 3.35. The first-order valence-corrected chi connectivity index (χ1v) is 12.6. The topological polar surface area (TPSA) is 198 Å². The Bertz CT molecular complexity index is 1160. The summed E-state index contributed by atoms with van der Waals surface area (Å²) in [4.78, 5) is 25.3. The van der Waals surface area contributed by atoms with Crippen molar-refractivity contribution >= 4 is 34.6 Å². The highest BCUT2D eigenvalue weighted by Gasteiger charge is 2.31. The summed E-state index contributed by atoms with van der Waals surface area (Å²) in [6.07, 6.45) is -0.0172. The second-order valence-corrected chi connectivity index (χ2v) is 9.36. The number of nitrogens with zero attached hydrogens (tertiary/aromatic N) is 5. The number of hydrogen-bond donors (Lipinski definition) is 6. The molecule has 4 atom stereocenters. The standard InChI is InChI=1S/C24H35ClN8O5/c1-38-18(20(34)23(35)33-14-31-19-21(27)29-13-30-22(19)33)12-32(10-7-17(26)24(36)37)11-9-28-8-6-15-2-4-16(25)5-3-15/h2-5,13-14,17-18,20,23,28,34-35H,6-12,26H2,1H3,(H,36,37)(H2,27,29,30)/t17-,18+,20+,23?/m0/s1. The number of aromatic nitrogens is 4. The van der Waals surface area contributed by atoms with Gasteiger partial charge in [0.05, 0.1) is 6.33 Å². The molecule has 0 amide bonds. The van der Waals surface area contributed by atoms with E-state index in [-0.39, 0.29) is 24.4 Å². The minimum atomic E-state index is -1.43. The third-order valence-electron chi connectivity index (χ3n) is 6.28. The van der Waals surface area contributed by atoms with Crippen molar-refractivity contribution in [3.63, 3.8) is 0 Å². The van der Waals surface area contributed by atoms with Gasteiger partial charge in [0.25, 0.3) is 0 Å². The molecule has 0 aliphatic rings. The number of aliphatic hydroxyl groups excluding tert-OH is 2. The van der Waals surface area contributed by atoms with E-state index >= 15 is 0 Å². The van der Waals surface area contributed by atoms with Crippen molar-refractivity contribution in [2.45, 2.75) is 37.3 Å². The van der Waals surface area contributed by atoms with E-state index in [0.717, 1.165) is 18.5 Å². The number of imidazole rings is 1. The molecule has 14 heteroatoms. The third-order valence-corrected chi connectivity index (χ3v) is 6.53. The lowest BCUT2D eigenvalue weighted by molar-refractivity contribution is -0.138. The lowest BCUT2D eigenvalue weighted by atomic mass is 10.1. The van der Waals surface area contributed by atoms with Gasteiger partial charge in [-0.05, 0) is 37.1 Å². The van der Waals surface area contributed by atoms with Crippen molar-refractivity contribution in [2.75, 3.05) is 45.6 Å². The fourth-order valence-corrected chi connectivity index (χ4v) is 4.11. The number of rotatable bonds is 16. The van der Waals surface area contributed by atoms with Gasteiger partial charge in [-0.25, -0.2) is 15.0 Å². The summed E-state index contributed by atoms with van der Waals surface area (Å²) in [6, 6.07) is 6.63.